The van der Waals surface area contributed by atoms with Crippen LogP contribution in [0.1, 0.15) is 25.5 Å². The maximum Gasteiger partial charge on any atom is 0.127 e. The number of rotatable bonds is 6. The van der Waals surface area contributed by atoms with Gasteiger partial charge in [-0.05, 0) is 47.9 Å². The fourth-order valence-electron chi connectivity index (χ4n) is 2.59. The van der Waals surface area contributed by atoms with Crippen LogP contribution < -0.4 is 9.47 Å². The Balaban J connectivity index is 1.71. The van der Waals surface area contributed by atoms with Gasteiger partial charge in [0.15, 0.2) is 0 Å². The van der Waals surface area contributed by atoms with Crippen molar-refractivity contribution in [3.8, 4) is 17.2 Å². The first-order chi connectivity index (χ1) is 11.7. The largest absolute Gasteiger partial charge is 0.485 e. The van der Waals surface area contributed by atoms with Crippen molar-refractivity contribution in [1.82, 2.24) is 0 Å². The van der Waals surface area contributed by atoms with Crippen LogP contribution in [0.3, 0.4) is 0 Å². The normalized spacial score (nSPS) is 12.0. The van der Waals surface area contributed by atoms with Crippen LogP contribution in [0.2, 0.25) is 0 Å². The van der Waals surface area contributed by atoms with Gasteiger partial charge in [-0.2, -0.15) is 0 Å². The Morgan fingerprint density at radius 1 is 0.583 bits per heavy atom. The molecule has 1 atom stereocenters. The summed E-state index contributed by atoms with van der Waals surface area (Å²) in [5.41, 5.74) is 1.19. The van der Waals surface area contributed by atoms with Gasteiger partial charge in [-0.25, -0.2) is 0 Å². The van der Waals surface area contributed by atoms with Crippen LogP contribution in [0.25, 0.3) is 0 Å². The third-order valence-electron chi connectivity index (χ3n) is 3.80. The topological polar surface area (TPSA) is 18.5 Å². The second kappa shape index (κ2) is 7.69. The molecule has 0 bridgehead atoms. The zero-order chi connectivity index (χ0) is 16.8. The predicted octanol–water partition coefficient (Wildman–Crippen LogP) is 6.26. The van der Waals surface area contributed by atoms with Crippen LogP contribution in [0, 0.1) is 5.92 Å². The van der Waals surface area contributed by atoms with E-state index in [1.165, 1.54) is 5.56 Å². The molecule has 0 heterocycles. The molecule has 2 nitrogen and oxygen atoms in total. The Kier molecular flexibility index (Phi) is 5.17. The Hall–Kier alpha value is -2.74. The van der Waals surface area contributed by atoms with Gasteiger partial charge in [-0.1, -0.05) is 62.4 Å². The summed E-state index contributed by atoms with van der Waals surface area (Å²) in [6.45, 7) is 4.34. The van der Waals surface area contributed by atoms with Crippen molar-refractivity contribution in [3.63, 3.8) is 0 Å². The van der Waals surface area contributed by atoms with Gasteiger partial charge in [-0.3, -0.25) is 0 Å². The van der Waals surface area contributed by atoms with E-state index in [4.69, 9.17) is 9.47 Å². The minimum Gasteiger partial charge on any atom is -0.485 e. The molecule has 0 radical (unpaired) electrons. The van der Waals surface area contributed by atoms with E-state index in [1.807, 2.05) is 72.8 Å². The maximum atomic E-state index is 6.21. The molecule has 1 unspecified atom stereocenters. The van der Waals surface area contributed by atoms with Crippen molar-refractivity contribution in [1.29, 1.82) is 0 Å². The number of para-hydroxylation sites is 1. The molecule has 3 aromatic rings. The van der Waals surface area contributed by atoms with Gasteiger partial charge in [0.2, 0.25) is 0 Å². The van der Waals surface area contributed by atoms with E-state index in [1.54, 1.807) is 0 Å². The van der Waals surface area contributed by atoms with Gasteiger partial charge < -0.3 is 9.47 Å². The maximum absolute atomic E-state index is 6.21. The molecule has 0 aliphatic rings. The molecular weight excluding hydrogens is 296 g/mol. The lowest BCUT2D eigenvalue weighted by molar-refractivity contribution is 0.153. The Morgan fingerprint density at radius 3 is 1.67 bits per heavy atom. The Labute approximate surface area is 143 Å². The van der Waals surface area contributed by atoms with E-state index in [0.717, 1.165) is 17.2 Å². The number of hydrogen-bond donors (Lipinski definition) is 0. The molecule has 0 aliphatic carbocycles. The van der Waals surface area contributed by atoms with Crippen LogP contribution in [0.5, 0.6) is 17.2 Å². The lowest BCUT2D eigenvalue weighted by Crippen LogP contribution is -2.14. The summed E-state index contributed by atoms with van der Waals surface area (Å²) in [6.07, 6.45) is 0.0343. The van der Waals surface area contributed by atoms with Gasteiger partial charge in [0.25, 0.3) is 0 Å². The van der Waals surface area contributed by atoms with Crippen LogP contribution in [-0.4, -0.2) is 0 Å². The van der Waals surface area contributed by atoms with Crippen molar-refractivity contribution < 1.29 is 9.47 Å². The van der Waals surface area contributed by atoms with E-state index in [0.29, 0.717) is 5.92 Å². The van der Waals surface area contributed by atoms with Crippen LogP contribution in [0.4, 0.5) is 0 Å². The summed E-state index contributed by atoms with van der Waals surface area (Å²) in [5.74, 6) is 2.86. The van der Waals surface area contributed by atoms with Crippen LogP contribution in [0.15, 0.2) is 84.9 Å². The zero-order valence-electron chi connectivity index (χ0n) is 14.1. The van der Waals surface area contributed by atoms with E-state index >= 15 is 0 Å². The SMILES string of the molecule is CC(C)C(Oc1ccc(Oc2ccccc2)cc1)c1ccccc1. The summed E-state index contributed by atoms with van der Waals surface area (Å²) >= 11 is 0. The molecule has 24 heavy (non-hydrogen) atoms. The summed E-state index contributed by atoms with van der Waals surface area (Å²) < 4.78 is 12.0. The monoisotopic (exact) mass is 318 g/mol. The molecular formula is C22H22O2. The Bertz CT molecular complexity index is 734. The highest BCUT2D eigenvalue weighted by Crippen LogP contribution is 2.30. The number of benzene rings is 3. The summed E-state index contributed by atoms with van der Waals surface area (Å²) in [4.78, 5) is 0. The van der Waals surface area contributed by atoms with Gasteiger partial charge in [0, 0.05) is 0 Å². The predicted molar refractivity (Wildman–Crippen MR) is 97.6 cm³/mol. The molecule has 0 fully saturated rings. The third-order valence-corrected chi connectivity index (χ3v) is 3.80. The molecule has 3 aromatic carbocycles. The second-order valence-corrected chi connectivity index (χ2v) is 6.08. The van der Waals surface area contributed by atoms with Crippen molar-refractivity contribution in [2.75, 3.05) is 0 Å². The molecule has 0 aromatic heterocycles. The van der Waals surface area contributed by atoms with E-state index in [9.17, 15) is 0 Å². The standard InChI is InChI=1S/C22H22O2/c1-17(2)22(18-9-5-3-6-10-18)24-21-15-13-20(14-16-21)23-19-11-7-4-8-12-19/h3-17,22H,1-2H3. The molecule has 0 aliphatic heterocycles. The van der Waals surface area contributed by atoms with Crippen LogP contribution >= 0.6 is 0 Å². The first-order valence-corrected chi connectivity index (χ1v) is 8.27. The van der Waals surface area contributed by atoms with Crippen molar-refractivity contribution in [2.45, 2.75) is 20.0 Å². The lowest BCUT2D eigenvalue weighted by atomic mass is 9.99. The first kappa shape index (κ1) is 16.1. The van der Waals surface area contributed by atoms with Crippen molar-refractivity contribution in [3.05, 3.63) is 90.5 Å². The summed E-state index contributed by atoms with van der Waals surface area (Å²) in [6, 6.07) is 27.9. The average molecular weight is 318 g/mol. The van der Waals surface area contributed by atoms with Crippen LogP contribution in [-0.2, 0) is 0 Å². The highest BCUT2D eigenvalue weighted by atomic mass is 16.5. The molecule has 0 saturated carbocycles. The van der Waals surface area contributed by atoms with E-state index in [-0.39, 0.29) is 6.10 Å². The summed E-state index contributed by atoms with van der Waals surface area (Å²) in [7, 11) is 0. The highest BCUT2D eigenvalue weighted by molar-refractivity contribution is 5.35. The lowest BCUT2D eigenvalue weighted by Gasteiger charge is -2.23. The van der Waals surface area contributed by atoms with Gasteiger partial charge >= 0.3 is 0 Å². The number of ether oxygens (including phenoxy) is 2. The third kappa shape index (κ3) is 4.17. The minimum atomic E-state index is 0.0343. The zero-order valence-corrected chi connectivity index (χ0v) is 14.1. The second-order valence-electron chi connectivity index (χ2n) is 6.08. The van der Waals surface area contributed by atoms with Gasteiger partial charge in [0.1, 0.15) is 23.4 Å². The molecule has 0 spiro atoms. The molecule has 122 valence electrons. The summed E-state index contributed by atoms with van der Waals surface area (Å²) in [5, 5.41) is 0. The Morgan fingerprint density at radius 2 is 1.08 bits per heavy atom. The highest BCUT2D eigenvalue weighted by Gasteiger charge is 2.17. The number of hydrogen-bond acceptors (Lipinski definition) is 2. The molecule has 3 rings (SSSR count). The quantitative estimate of drug-likeness (QED) is 0.534. The molecule has 0 amide bonds. The minimum absolute atomic E-state index is 0.0343. The smallest absolute Gasteiger partial charge is 0.127 e. The first-order valence-electron chi connectivity index (χ1n) is 8.27. The average Bonchev–Trinajstić information content (AvgIpc) is 2.62. The molecule has 2 heteroatoms. The van der Waals surface area contributed by atoms with Gasteiger partial charge in [0.05, 0.1) is 0 Å². The molecule has 0 N–H and O–H groups in total. The van der Waals surface area contributed by atoms with Crippen molar-refractivity contribution in [2.24, 2.45) is 5.92 Å². The van der Waals surface area contributed by atoms with E-state index in [2.05, 4.69) is 26.0 Å². The van der Waals surface area contributed by atoms with E-state index < -0.39 is 0 Å². The fourth-order valence-corrected chi connectivity index (χ4v) is 2.59. The van der Waals surface area contributed by atoms with Gasteiger partial charge in [-0.15, -0.1) is 0 Å². The fraction of sp³-hybridized carbons (Fsp3) is 0.182. The molecule has 0 saturated heterocycles. The van der Waals surface area contributed by atoms with Crippen molar-refractivity contribution >= 4 is 0 Å².